The largest absolute Gasteiger partial charge is 0.467 e. The highest BCUT2D eigenvalue weighted by molar-refractivity contribution is 5.90. The third-order valence-corrected chi connectivity index (χ3v) is 6.29. The normalized spacial score (nSPS) is 17.1. The number of nitrogens with one attached hydrogen (secondary N) is 2. The zero-order valence-electron chi connectivity index (χ0n) is 22.8. The van der Waals surface area contributed by atoms with Crippen LogP contribution >= 0.6 is 0 Å². The van der Waals surface area contributed by atoms with Crippen LogP contribution in [0.1, 0.15) is 52.0 Å². The van der Waals surface area contributed by atoms with E-state index in [1.165, 1.54) is 7.11 Å². The van der Waals surface area contributed by atoms with Crippen molar-refractivity contribution in [2.24, 2.45) is 0 Å². The van der Waals surface area contributed by atoms with Crippen molar-refractivity contribution in [1.82, 2.24) is 30.6 Å². The molecule has 3 aromatic rings. The number of nitrogens with zero attached hydrogens (tertiary/aromatic N) is 5. The summed E-state index contributed by atoms with van der Waals surface area (Å²) in [4.78, 5) is 44.7. The van der Waals surface area contributed by atoms with Crippen LogP contribution in [-0.4, -0.2) is 56.9 Å². The number of benzene rings is 1. The van der Waals surface area contributed by atoms with Crippen LogP contribution in [-0.2, 0) is 11.3 Å². The molecule has 4 rings (SSSR count). The summed E-state index contributed by atoms with van der Waals surface area (Å²) in [6.45, 7) is 5.89. The zero-order valence-corrected chi connectivity index (χ0v) is 22.8. The number of anilines is 1. The molecule has 0 unspecified atom stereocenters. The standard InChI is InChI=1S/C28H35N7O4/c1-28(2,3)39-27(37)34-22-10-12-23(13-11-22)35(26(36)33-14-19-8-6-5-7-9-19)24-29-15-20(16-30-24)21-17-31-25(38-4)32-18-21/h5-9,15-18,22-23H,10-14H2,1-4H3,(H,33,36)(H,34,37)/t22-,23-. The van der Waals surface area contributed by atoms with Gasteiger partial charge in [-0.2, -0.15) is 0 Å². The number of ether oxygens (including phenoxy) is 2. The van der Waals surface area contributed by atoms with Crippen LogP contribution in [0, 0.1) is 0 Å². The highest BCUT2D eigenvalue weighted by atomic mass is 16.6. The van der Waals surface area contributed by atoms with Gasteiger partial charge in [0.25, 0.3) is 0 Å². The molecule has 1 aromatic carbocycles. The van der Waals surface area contributed by atoms with Crippen molar-refractivity contribution >= 4 is 18.1 Å². The van der Waals surface area contributed by atoms with Crippen molar-refractivity contribution in [2.75, 3.05) is 12.0 Å². The van der Waals surface area contributed by atoms with Gasteiger partial charge in [-0.25, -0.2) is 29.5 Å². The van der Waals surface area contributed by atoms with Gasteiger partial charge in [-0.15, -0.1) is 0 Å². The maximum absolute atomic E-state index is 13.5. The maximum Gasteiger partial charge on any atom is 0.407 e. The Morgan fingerprint density at radius 2 is 1.51 bits per heavy atom. The molecule has 11 nitrogen and oxygen atoms in total. The summed E-state index contributed by atoms with van der Waals surface area (Å²) in [6, 6.07) is 9.56. The van der Waals surface area contributed by atoms with Gasteiger partial charge in [-0.1, -0.05) is 30.3 Å². The van der Waals surface area contributed by atoms with Crippen LogP contribution in [0.3, 0.4) is 0 Å². The quantitative estimate of drug-likeness (QED) is 0.454. The number of hydrogen-bond acceptors (Lipinski definition) is 8. The molecular weight excluding hydrogens is 498 g/mol. The van der Waals surface area contributed by atoms with Gasteiger partial charge >= 0.3 is 18.1 Å². The topological polar surface area (TPSA) is 131 Å². The highest BCUT2D eigenvalue weighted by Gasteiger charge is 2.32. The summed E-state index contributed by atoms with van der Waals surface area (Å²) in [7, 11) is 1.51. The number of methoxy groups -OCH3 is 1. The van der Waals surface area contributed by atoms with Crippen LogP contribution in [0.2, 0.25) is 0 Å². The summed E-state index contributed by atoms with van der Waals surface area (Å²) < 4.78 is 10.4. The minimum Gasteiger partial charge on any atom is -0.467 e. The molecule has 0 saturated heterocycles. The fraction of sp³-hybridized carbons (Fsp3) is 0.429. The lowest BCUT2D eigenvalue weighted by atomic mass is 9.90. The molecular formula is C28H35N7O4. The lowest BCUT2D eigenvalue weighted by molar-refractivity contribution is 0.0491. The zero-order chi connectivity index (χ0) is 27.8. The molecule has 0 bridgehead atoms. The Balaban J connectivity index is 1.47. The monoisotopic (exact) mass is 533 g/mol. The van der Waals surface area contributed by atoms with Crippen molar-refractivity contribution in [2.45, 2.75) is 70.7 Å². The molecule has 1 aliphatic carbocycles. The highest BCUT2D eigenvalue weighted by Crippen LogP contribution is 2.27. The van der Waals surface area contributed by atoms with E-state index >= 15 is 0 Å². The maximum atomic E-state index is 13.5. The first kappa shape index (κ1) is 27.7. The Morgan fingerprint density at radius 3 is 2.08 bits per heavy atom. The van der Waals surface area contributed by atoms with Gasteiger partial charge in [0.2, 0.25) is 5.95 Å². The molecule has 3 amide bonds. The average Bonchev–Trinajstić information content (AvgIpc) is 2.93. The van der Waals surface area contributed by atoms with Gasteiger partial charge in [0.05, 0.1) is 7.11 Å². The number of carbonyl (C=O) groups is 2. The van der Waals surface area contributed by atoms with E-state index in [2.05, 4.69) is 30.6 Å². The molecule has 2 heterocycles. The van der Waals surface area contributed by atoms with Gasteiger partial charge in [-0.05, 0) is 52.0 Å². The van der Waals surface area contributed by atoms with E-state index < -0.39 is 11.7 Å². The second-order valence-corrected chi connectivity index (χ2v) is 10.4. The number of alkyl carbamates (subject to hydrolysis) is 1. The molecule has 2 aromatic heterocycles. The molecule has 1 fully saturated rings. The number of rotatable bonds is 7. The minimum atomic E-state index is -0.559. The Kier molecular flexibility index (Phi) is 8.90. The smallest absolute Gasteiger partial charge is 0.407 e. The molecule has 1 saturated carbocycles. The second kappa shape index (κ2) is 12.5. The van der Waals surface area contributed by atoms with Crippen molar-refractivity contribution < 1.29 is 19.1 Å². The van der Waals surface area contributed by atoms with E-state index in [0.29, 0.717) is 38.2 Å². The number of carbonyl (C=O) groups excluding carboxylic acids is 2. The number of aromatic nitrogens is 4. The van der Waals surface area contributed by atoms with Crippen molar-refractivity contribution in [3.8, 4) is 17.1 Å². The first-order chi connectivity index (χ1) is 18.7. The van der Waals surface area contributed by atoms with Gasteiger partial charge in [-0.3, -0.25) is 4.90 Å². The van der Waals surface area contributed by atoms with Gasteiger partial charge in [0.1, 0.15) is 5.60 Å². The average molecular weight is 534 g/mol. The number of hydrogen-bond donors (Lipinski definition) is 2. The summed E-state index contributed by atoms with van der Waals surface area (Å²) in [6.07, 6.45) is 8.90. The van der Waals surface area contributed by atoms with Crippen LogP contribution in [0.15, 0.2) is 55.1 Å². The molecule has 0 spiro atoms. The molecule has 39 heavy (non-hydrogen) atoms. The summed E-state index contributed by atoms with van der Waals surface area (Å²) >= 11 is 0. The van der Waals surface area contributed by atoms with Crippen molar-refractivity contribution in [3.63, 3.8) is 0 Å². The van der Waals surface area contributed by atoms with Crippen LogP contribution < -0.4 is 20.3 Å². The third kappa shape index (κ3) is 7.86. The first-order valence-electron chi connectivity index (χ1n) is 13.0. The van der Waals surface area contributed by atoms with Crippen LogP contribution in [0.25, 0.3) is 11.1 Å². The molecule has 0 atom stereocenters. The molecule has 0 radical (unpaired) electrons. The van der Waals surface area contributed by atoms with Crippen LogP contribution in [0.5, 0.6) is 6.01 Å². The fourth-order valence-corrected chi connectivity index (χ4v) is 4.40. The molecule has 206 valence electrons. The number of amides is 3. The Bertz CT molecular complexity index is 1220. The lowest BCUT2D eigenvalue weighted by Crippen LogP contribution is -2.50. The van der Waals surface area contributed by atoms with Crippen molar-refractivity contribution in [1.29, 1.82) is 0 Å². The van der Waals surface area contributed by atoms with Gasteiger partial charge in [0, 0.05) is 54.5 Å². The molecule has 0 aliphatic heterocycles. The SMILES string of the molecule is COc1ncc(-c2cnc(N(C(=O)NCc3ccccc3)[C@H]3CC[C@H](NC(=O)OC(C)(C)C)CC3)nc2)cn1. The summed E-state index contributed by atoms with van der Waals surface area (Å²) in [5.74, 6) is 0.308. The minimum absolute atomic E-state index is 0.0244. The molecule has 2 N–H and O–H groups in total. The Labute approximate surface area is 228 Å². The second-order valence-electron chi connectivity index (χ2n) is 10.4. The van der Waals surface area contributed by atoms with E-state index in [9.17, 15) is 9.59 Å². The molecule has 1 aliphatic rings. The van der Waals surface area contributed by atoms with E-state index in [1.54, 1.807) is 29.7 Å². The predicted molar refractivity (Wildman–Crippen MR) is 146 cm³/mol. The van der Waals surface area contributed by atoms with E-state index in [0.717, 1.165) is 16.7 Å². The van der Waals surface area contributed by atoms with Crippen molar-refractivity contribution in [3.05, 3.63) is 60.7 Å². The lowest BCUT2D eigenvalue weighted by Gasteiger charge is -2.36. The first-order valence-corrected chi connectivity index (χ1v) is 13.0. The number of urea groups is 1. The summed E-state index contributed by atoms with van der Waals surface area (Å²) in [5, 5.41) is 5.96. The Morgan fingerprint density at radius 1 is 0.923 bits per heavy atom. The Hall–Kier alpha value is -4.28. The van der Waals surface area contributed by atoms with Gasteiger partial charge < -0.3 is 20.1 Å². The van der Waals surface area contributed by atoms with E-state index in [1.807, 2.05) is 51.1 Å². The van der Waals surface area contributed by atoms with E-state index in [-0.39, 0.29) is 24.1 Å². The van der Waals surface area contributed by atoms with E-state index in [4.69, 9.17) is 9.47 Å². The fourth-order valence-electron chi connectivity index (χ4n) is 4.40. The van der Waals surface area contributed by atoms with Gasteiger partial charge in [0.15, 0.2) is 0 Å². The van der Waals surface area contributed by atoms with Crippen LogP contribution in [0.4, 0.5) is 15.5 Å². The third-order valence-electron chi connectivity index (χ3n) is 6.29. The predicted octanol–water partition coefficient (Wildman–Crippen LogP) is 4.49. The molecule has 11 heteroatoms. The summed E-state index contributed by atoms with van der Waals surface area (Å²) in [5.41, 5.74) is 1.88.